The van der Waals surface area contributed by atoms with Crippen molar-refractivity contribution < 1.29 is 4.79 Å². The van der Waals surface area contributed by atoms with E-state index in [1.165, 1.54) is 19.3 Å². The minimum Gasteiger partial charge on any atom is -0.340 e. The van der Waals surface area contributed by atoms with E-state index in [9.17, 15) is 4.79 Å². The maximum atomic E-state index is 11.2. The van der Waals surface area contributed by atoms with Gasteiger partial charge in [-0.2, -0.15) is 0 Å². The number of likely N-dealkylation sites (tertiary alicyclic amines) is 1. The Bertz CT molecular complexity index is 167. The molecule has 0 aromatic heterocycles. The minimum absolute atomic E-state index is 0.248. The van der Waals surface area contributed by atoms with E-state index in [-0.39, 0.29) is 5.91 Å². The van der Waals surface area contributed by atoms with E-state index >= 15 is 0 Å². The van der Waals surface area contributed by atoms with Gasteiger partial charge in [0, 0.05) is 19.5 Å². The van der Waals surface area contributed by atoms with Crippen molar-refractivity contribution in [1.82, 2.24) is 4.90 Å². The Morgan fingerprint density at radius 2 is 2.25 bits per heavy atom. The van der Waals surface area contributed by atoms with Crippen LogP contribution in [0.3, 0.4) is 0 Å². The average molecular weight is 169 g/mol. The van der Waals surface area contributed by atoms with Crippen molar-refractivity contribution in [3.05, 3.63) is 0 Å². The predicted molar refractivity (Wildman–Crippen MR) is 49.9 cm³/mol. The number of rotatable bonds is 2. The third-order valence-corrected chi connectivity index (χ3v) is 2.87. The number of nitrogens with zero attached hydrogens (tertiary/aromatic N) is 1. The van der Waals surface area contributed by atoms with Crippen LogP contribution in [0, 0.1) is 5.92 Å². The van der Waals surface area contributed by atoms with Crippen LogP contribution in [-0.2, 0) is 4.79 Å². The largest absolute Gasteiger partial charge is 0.340 e. The summed E-state index contributed by atoms with van der Waals surface area (Å²) in [5, 5.41) is 0. The van der Waals surface area contributed by atoms with Crippen LogP contribution in [0.4, 0.5) is 0 Å². The molecule has 1 rings (SSSR count). The Kier molecular flexibility index (Phi) is 3.12. The predicted octanol–water partition coefficient (Wildman–Crippen LogP) is 2.04. The molecular formula is C10H19NO. The number of carbonyl (C=O) groups excluding carboxylic acids is 1. The van der Waals surface area contributed by atoms with E-state index in [4.69, 9.17) is 0 Å². The summed E-state index contributed by atoms with van der Waals surface area (Å²) in [4.78, 5) is 13.2. The van der Waals surface area contributed by atoms with Gasteiger partial charge in [0.15, 0.2) is 0 Å². The molecule has 0 bridgehead atoms. The summed E-state index contributed by atoms with van der Waals surface area (Å²) in [7, 11) is 0. The topological polar surface area (TPSA) is 20.3 Å². The Labute approximate surface area is 74.9 Å². The van der Waals surface area contributed by atoms with Crippen molar-refractivity contribution in [1.29, 1.82) is 0 Å². The Morgan fingerprint density at radius 1 is 1.58 bits per heavy atom. The van der Waals surface area contributed by atoms with Crippen LogP contribution in [0.5, 0.6) is 0 Å². The highest BCUT2D eigenvalue weighted by Gasteiger charge is 2.31. The van der Waals surface area contributed by atoms with Crippen LogP contribution in [0.2, 0.25) is 0 Å². The molecule has 12 heavy (non-hydrogen) atoms. The first-order valence-electron chi connectivity index (χ1n) is 4.94. The fraction of sp³-hybridized carbons (Fsp3) is 0.900. The lowest BCUT2D eigenvalue weighted by atomic mass is 9.99. The van der Waals surface area contributed by atoms with Gasteiger partial charge in [0.05, 0.1) is 0 Å². The SMILES string of the molecule is CCCC1C(C)CCN1C(C)=O. The molecule has 1 saturated heterocycles. The van der Waals surface area contributed by atoms with E-state index in [1.54, 1.807) is 6.92 Å². The molecule has 0 aliphatic carbocycles. The smallest absolute Gasteiger partial charge is 0.219 e. The highest BCUT2D eigenvalue weighted by Crippen LogP contribution is 2.26. The molecule has 2 unspecified atom stereocenters. The van der Waals surface area contributed by atoms with Crippen LogP contribution in [0.25, 0.3) is 0 Å². The number of carbonyl (C=O) groups is 1. The van der Waals surface area contributed by atoms with E-state index < -0.39 is 0 Å². The van der Waals surface area contributed by atoms with Gasteiger partial charge in [-0.3, -0.25) is 4.79 Å². The zero-order valence-electron chi connectivity index (χ0n) is 8.34. The van der Waals surface area contributed by atoms with E-state index in [0.29, 0.717) is 12.0 Å². The van der Waals surface area contributed by atoms with Gasteiger partial charge < -0.3 is 4.90 Å². The van der Waals surface area contributed by atoms with Crippen LogP contribution < -0.4 is 0 Å². The molecule has 2 nitrogen and oxygen atoms in total. The molecule has 70 valence electrons. The zero-order valence-corrected chi connectivity index (χ0v) is 8.34. The lowest BCUT2D eigenvalue weighted by Crippen LogP contribution is -2.35. The molecule has 0 saturated carbocycles. The molecule has 2 atom stereocenters. The molecular weight excluding hydrogens is 150 g/mol. The number of amides is 1. The molecule has 0 aromatic rings. The normalized spacial score (nSPS) is 29.4. The van der Waals surface area contributed by atoms with Gasteiger partial charge in [-0.1, -0.05) is 20.3 Å². The second kappa shape index (κ2) is 3.92. The molecule has 0 aromatic carbocycles. The van der Waals surface area contributed by atoms with E-state index in [2.05, 4.69) is 13.8 Å². The van der Waals surface area contributed by atoms with E-state index in [0.717, 1.165) is 6.54 Å². The summed E-state index contributed by atoms with van der Waals surface area (Å²) in [5.74, 6) is 0.951. The fourth-order valence-corrected chi connectivity index (χ4v) is 2.14. The third kappa shape index (κ3) is 1.79. The van der Waals surface area contributed by atoms with Crippen molar-refractivity contribution in [2.24, 2.45) is 5.92 Å². The van der Waals surface area contributed by atoms with Crippen molar-refractivity contribution in [2.75, 3.05) is 6.54 Å². The monoisotopic (exact) mass is 169 g/mol. The Hall–Kier alpha value is -0.530. The lowest BCUT2D eigenvalue weighted by molar-refractivity contribution is -0.130. The fourth-order valence-electron chi connectivity index (χ4n) is 2.14. The molecule has 1 aliphatic rings. The van der Waals surface area contributed by atoms with Crippen molar-refractivity contribution in [2.45, 2.75) is 46.1 Å². The quantitative estimate of drug-likeness (QED) is 0.619. The van der Waals surface area contributed by atoms with E-state index in [1.807, 2.05) is 4.90 Å². The molecule has 0 radical (unpaired) electrons. The Morgan fingerprint density at radius 3 is 2.75 bits per heavy atom. The first-order valence-corrected chi connectivity index (χ1v) is 4.94. The third-order valence-electron chi connectivity index (χ3n) is 2.87. The molecule has 1 fully saturated rings. The number of hydrogen-bond donors (Lipinski definition) is 0. The van der Waals surface area contributed by atoms with Gasteiger partial charge in [0.25, 0.3) is 0 Å². The minimum atomic E-state index is 0.248. The zero-order chi connectivity index (χ0) is 9.14. The van der Waals surface area contributed by atoms with Crippen LogP contribution in [0.1, 0.15) is 40.0 Å². The van der Waals surface area contributed by atoms with Crippen molar-refractivity contribution in [3.8, 4) is 0 Å². The molecule has 0 spiro atoms. The summed E-state index contributed by atoms with van der Waals surface area (Å²) >= 11 is 0. The molecule has 0 N–H and O–H groups in total. The summed E-state index contributed by atoms with van der Waals surface area (Å²) < 4.78 is 0. The highest BCUT2D eigenvalue weighted by atomic mass is 16.2. The second-order valence-corrected chi connectivity index (χ2v) is 3.83. The van der Waals surface area contributed by atoms with Gasteiger partial charge in [-0.15, -0.1) is 0 Å². The summed E-state index contributed by atoms with van der Waals surface area (Å²) in [6, 6.07) is 0.521. The first kappa shape index (κ1) is 9.56. The van der Waals surface area contributed by atoms with Gasteiger partial charge in [0.1, 0.15) is 0 Å². The van der Waals surface area contributed by atoms with Crippen LogP contribution in [-0.4, -0.2) is 23.4 Å². The van der Waals surface area contributed by atoms with Gasteiger partial charge in [0.2, 0.25) is 5.91 Å². The number of hydrogen-bond acceptors (Lipinski definition) is 1. The highest BCUT2D eigenvalue weighted by molar-refractivity contribution is 5.73. The van der Waals surface area contributed by atoms with Gasteiger partial charge in [-0.05, 0) is 18.8 Å². The van der Waals surface area contributed by atoms with Gasteiger partial charge >= 0.3 is 0 Å². The Balaban J connectivity index is 2.57. The summed E-state index contributed by atoms with van der Waals surface area (Å²) in [6.45, 7) is 7.09. The molecule has 2 heteroatoms. The first-order chi connectivity index (χ1) is 5.66. The molecule has 1 amide bonds. The standard InChI is InChI=1S/C10H19NO/c1-4-5-10-8(2)6-7-11(10)9(3)12/h8,10H,4-7H2,1-3H3. The van der Waals surface area contributed by atoms with Crippen molar-refractivity contribution in [3.63, 3.8) is 0 Å². The van der Waals surface area contributed by atoms with Crippen LogP contribution in [0.15, 0.2) is 0 Å². The maximum absolute atomic E-state index is 11.2. The molecule has 1 aliphatic heterocycles. The summed E-state index contributed by atoms with van der Waals surface area (Å²) in [5.41, 5.74) is 0. The van der Waals surface area contributed by atoms with Crippen molar-refractivity contribution >= 4 is 5.91 Å². The molecule has 1 heterocycles. The van der Waals surface area contributed by atoms with Crippen LogP contribution >= 0.6 is 0 Å². The maximum Gasteiger partial charge on any atom is 0.219 e. The van der Waals surface area contributed by atoms with Gasteiger partial charge in [-0.25, -0.2) is 0 Å². The average Bonchev–Trinajstić information content (AvgIpc) is 2.34. The lowest BCUT2D eigenvalue weighted by Gasteiger charge is -2.25. The summed E-state index contributed by atoms with van der Waals surface area (Å²) in [6.07, 6.45) is 3.53. The second-order valence-electron chi connectivity index (χ2n) is 3.83.